The monoisotopic (exact) mass is 383 g/mol. The molecule has 1 aliphatic rings. The Bertz CT molecular complexity index is 733. The Morgan fingerprint density at radius 2 is 1.86 bits per heavy atom. The fourth-order valence-electron chi connectivity index (χ4n) is 3.10. The molecule has 1 fully saturated rings. The van der Waals surface area contributed by atoms with Gasteiger partial charge >= 0.3 is 6.03 Å². The van der Waals surface area contributed by atoms with E-state index in [2.05, 4.69) is 10.2 Å². The summed E-state index contributed by atoms with van der Waals surface area (Å²) in [7, 11) is 1.80. The van der Waals surface area contributed by atoms with Gasteiger partial charge in [0.05, 0.1) is 13.2 Å². The van der Waals surface area contributed by atoms with Crippen molar-refractivity contribution in [1.82, 2.24) is 15.1 Å². The summed E-state index contributed by atoms with van der Waals surface area (Å²) < 4.78 is 11.2. The molecule has 1 heterocycles. The highest BCUT2D eigenvalue weighted by atomic mass is 16.5. The van der Waals surface area contributed by atoms with Crippen molar-refractivity contribution in [1.29, 1.82) is 0 Å². The van der Waals surface area contributed by atoms with Crippen LogP contribution in [-0.2, 0) is 17.8 Å². The second-order valence-corrected chi connectivity index (χ2v) is 6.95. The van der Waals surface area contributed by atoms with E-state index in [0.29, 0.717) is 19.7 Å². The normalized spacial score (nSPS) is 14.5. The number of benzene rings is 2. The molecule has 3 rings (SSSR count). The van der Waals surface area contributed by atoms with Crippen LogP contribution < -0.4 is 10.1 Å². The molecular weight excluding hydrogens is 354 g/mol. The Hall–Kier alpha value is -2.57. The fourth-order valence-corrected chi connectivity index (χ4v) is 3.10. The minimum Gasteiger partial charge on any atom is -0.492 e. The summed E-state index contributed by atoms with van der Waals surface area (Å²) in [6, 6.07) is 17.7. The zero-order chi connectivity index (χ0) is 19.6. The van der Waals surface area contributed by atoms with Gasteiger partial charge in [0.1, 0.15) is 12.4 Å². The first kappa shape index (κ1) is 20.2. The Morgan fingerprint density at radius 1 is 1.11 bits per heavy atom. The molecule has 0 unspecified atom stereocenters. The smallest absolute Gasteiger partial charge is 0.317 e. The van der Waals surface area contributed by atoms with E-state index < -0.39 is 0 Å². The van der Waals surface area contributed by atoms with E-state index in [1.165, 1.54) is 0 Å². The Kier molecular flexibility index (Phi) is 7.70. The summed E-state index contributed by atoms with van der Waals surface area (Å²) in [6.07, 6.45) is 0. The number of hydrogen-bond donors (Lipinski definition) is 1. The number of ether oxygens (including phenoxy) is 2. The van der Waals surface area contributed by atoms with Crippen LogP contribution in [0.15, 0.2) is 54.6 Å². The van der Waals surface area contributed by atoms with Crippen LogP contribution in [0.1, 0.15) is 11.1 Å². The van der Waals surface area contributed by atoms with Gasteiger partial charge in [0.2, 0.25) is 0 Å². The van der Waals surface area contributed by atoms with Crippen molar-refractivity contribution in [2.75, 3.05) is 46.5 Å². The molecule has 0 bridgehead atoms. The van der Waals surface area contributed by atoms with Gasteiger partial charge < -0.3 is 19.7 Å². The Labute approximate surface area is 167 Å². The summed E-state index contributed by atoms with van der Waals surface area (Å²) in [6.45, 7) is 6.12. The van der Waals surface area contributed by atoms with E-state index in [-0.39, 0.29) is 6.03 Å². The zero-order valence-corrected chi connectivity index (χ0v) is 16.5. The standard InChI is InChI=1S/C22H29N3O3/c1-24(18-19-6-3-2-4-7-19)22(26)23-17-20-8-5-9-21(16-20)28-15-12-25-10-13-27-14-11-25/h2-9,16H,10-15,17-18H2,1H3,(H,23,26). The molecule has 2 amide bonds. The van der Waals surface area contributed by atoms with Crippen molar-refractivity contribution in [3.8, 4) is 5.75 Å². The highest BCUT2D eigenvalue weighted by Crippen LogP contribution is 2.13. The van der Waals surface area contributed by atoms with E-state index in [9.17, 15) is 4.79 Å². The average molecular weight is 383 g/mol. The van der Waals surface area contributed by atoms with Crippen molar-refractivity contribution in [3.05, 3.63) is 65.7 Å². The molecule has 28 heavy (non-hydrogen) atoms. The third kappa shape index (κ3) is 6.55. The maximum Gasteiger partial charge on any atom is 0.317 e. The molecule has 0 spiro atoms. The van der Waals surface area contributed by atoms with Crippen molar-refractivity contribution < 1.29 is 14.3 Å². The predicted octanol–water partition coefficient (Wildman–Crippen LogP) is 2.74. The number of morpholine rings is 1. The summed E-state index contributed by atoms with van der Waals surface area (Å²) >= 11 is 0. The number of carbonyl (C=O) groups is 1. The van der Waals surface area contributed by atoms with E-state index in [0.717, 1.165) is 49.7 Å². The number of nitrogens with one attached hydrogen (secondary N) is 1. The lowest BCUT2D eigenvalue weighted by atomic mass is 10.2. The number of nitrogens with zero attached hydrogens (tertiary/aromatic N) is 2. The van der Waals surface area contributed by atoms with E-state index in [1.807, 2.05) is 54.6 Å². The topological polar surface area (TPSA) is 54.0 Å². The molecule has 2 aromatic rings. The van der Waals surface area contributed by atoms with Crippen LogP contribution in [0.5, 0.6) is 5.75 Å². The van der Waals surface area contributed by atoms with Crippen molar-refractivity contribution in [2.24, 2.45) is 0 Å². The highest BCUT2D eigenvalue weighted by Gasteiger charge is 2.11. The molecule has 0 atom stereocenters. The van der Waals surface area contributed by atoms with E-state index >= 15 is 0 Å². The SMILES string of the molecule is CN(Cc1ccccc1)C(=O)NCc1cccc(OCCN2CCOCC2)c1. The predicted molar refractivity (Wildman–Crippen MR) is 109 cm³/mol. The minimum atomic E-state index is -0.0949. The summed E-state index contributed by atoms with van der Waals surface area (Å²) in [5.41, 5.74) is 2.13. The first-order chi connectivity index (χ1) is 13.7. The van der Waals surface area contributed by atoms with Gasteiger partial charge in [0.25, 0.3) is 0 Å². The summed E-state index contributed by atoms with van der Waals surface area (Å²) in [5, 5.41) is 2.96. The molecule has 2 aromatic carbocycles. The number of hydrogen-bond acceptors (Lipinski definition) is 4. The lowest BCUT2D eigenvalue weighted by molar-refractivity contribution is 0.0322. The van der Waals surface area contributed by atoms with Crippen LogP contribution >= 0.6 is 0 Å². The van der Waals surface area contributed by atoms with Crippen LogP contribution in [0, 0.1) is 0 Å². The minimum absolute atomic E-state index is 0.0949. The highest BCUT2D eigenvalue weighted by molar-refractivity contribution is 5.73. The first-order valence-electron chi connectivity index (χ1n) is 9.75. The van der Waals surface area contributed by atoms with Gasteiger partial charge in [-0.1, -0.05) is 42.5 Å². The molecule has 150 valence electrons. The number of urea groups is 1. The van der Waals surface area contributed by atoms with Crippen LogP contribution in [0.25, 0.3) is 0 Å². The Morgan fingerprint density at radius 3 is 2.64 bits per heavy atom. The second-order valence-electron chi connectivity index (χ2n) is 6.95. The van der Waals surface area contributed by atoms with Gasteiger partial charge in [-0.15, -0.1) is 0 Å². The van der Waals surface area contributed by atoms with Crippen molar-refractivity contribution in [2.45, 2.75) is 13.1 Å². The molecule has 6 nitrogen and oxygen atoms in total. The molecule has 1 N–H and O–H groups in total. The van der Waals surface area contributed by atoms with Crippen molar-refractivity contribution in [3.63, 3.8) is 0 Å². The molecule has 0 aliphatic carbocycles. The molecule has 0 saturated carbocycles. The largest absolute Gasteiger partial charge is 0.492 e. The van der Waals surface area contributed by atoms with Gasteiger partial charge in [-0.2, -0.15) is 0 Å². The fraction of sp³-hybridized carbons (Fsp3) is 0.409. The lowest BCUT2D eigenvalue weighted by Gasteiger charge is -2.26. The van der Waals surface area contributed by atoms with Gasteiger partial charge in [0.15, 0.2) is 0 Å². The number of carbonyl (C=O) groups excluding carboxylic acids is 1. The van der Waals surface area contributed by atoms with Gasteiger partial charge in [-0.3, -0.25) is 4.90 Å². The average Bonchev–Trinajstić information content (AvgIpc) is 2.74. The third-order valence-electron chi connectivity index (χ3n) is 4.73. The molecule has 1 aliphatic heterocycles. The maximum absolute atomic E-state index is 12.3. The third-order valence-corrected chi connectivity index (χ3v) is 4.73. The first-order valence-corrected chi connectivity index (χ1v) is 9.75. The second kappa shape index (κ2) is 10.7. The van der Waals surface area contributed by atoms with E-state index in [1.54, 1.807) is 11.9 Å². The van der Waals surface area contributed by atoms with Crippen molar-refractivity contribution >= 4 is 6.03 Å². The van der Waals surface area contributed by atoms with Crippen LogP contribution in [-0.4, -0.2) is 62.3 Å². The maximum atomic E-state index is 12.3. The van der Waals surface area contributed by atoms with Gasteiger partial charge in [-0.05, 0) is 23.3 Å². The zero-order valence-electron chi connectivity index (χ0n) is 16.5. The van der Waals surface area contributed by atoms with Crippen LogP contribution in [0.4, 0.5) is 4.79 Å². The quantitative estimate of drug-likeness (QED) is 0.762. The summed E-state index contributed by atoms with van der Waals surface area (Å²) in [4.78, 5) is 16.3. The van der Waals surface area contributed by atoms with Crippen LogP contribution in [0.2, 0.25) is 0 Å². The van der Waals surface area contributed by atoms with Gasteiger partial charge in [-0.25, -0.2) is 4.79 Å². The molecule has 0 radical (unpaired) electrons. The summed E-state index contributed by atoms with van der Waals surface area (Å²) in [5.74, 6) is 0.831. The molecule has 1 saturated heterocycles. The van der Waals surface area contributed by atoms with Gasteiger partial charge in [0, 0.05) is 39.8 Å². The number of amides is 2. The van der Waals surface area contributed by atoms with Crippen LogP contribution in [0.3, 0.4) is 0 Å². The van der Waals surface area contributed by atoms with E-state index in [4.69, 9.17) is 9.47 Å². The molecule has 0 aromatic heterocycles. The Balaban J connectivity index is 1.41. The lowest BCUT2D eigenvalue weighted by Crippen LogP contribution is -2.38. The molecule has 6 heteroatoms. The molecular formula is C22H29N3O3. The number of rotatable bonds is 8.